The molecule has 1 unspecified atom stereocenters. The Kier molecular flexibility index (Phi) is 7.58. The zero-order valence-corrected chi connectivity index (χ0v) is 21.0. The Hall–Kier alpha value is -3.75. The van der Waals surface area contributed by atoms with Gasteiger partial charge in [0.05, 0.1) is 20.1 Å². The second kappa shape index (κ2) is 10.6. The third-order valence-corrected chi connectivity index (χ3v) is 6.88. The van der Waals surface area contributed by atoms with E-state index in [9.17, 15) is 23.1 Å². The number of aliphatic hydroxyl groups is 1. The van der Waals surface area contributed by atoms with E-state index in [1.165, 1.54) is 36.1 Å². The van der Waals surface area contributed by atoms with Gasteiger partial charge in [-0.15, -0.1) is 0 Å². The number of ether oxygens (including phenoxy) is 2. The molecule has 1 aromatic heterocycles. The number of alkyl halides is 3. The maximum atomic E-state index is 14.4. The van der Waals surface area contributed by atoms with E-state index >= 15 is 0 Å². The maximum absolute atomic E-state index is 14.4. The van der Waals surface area contributed by atoms with Gasteiger partial charge in [-0.2, -0.15) is 13.2 Å². The van der Waals surface area contributed by atoms with Crippen LogP contribution in [0, 0.1) is 6.57 Å². The highest BCUT2D eigenvalue weighted by Crippen LogP contribution is 2.44. The van der Waals surface area contributed by atoms with E-state index in [4.69, 9.17) is 21.2 Å². The number of fused-ring (bicyclic) bond motifs is 1. The lowest BCUT2D eigenvalue weighted by molar-refractivity contribution is -0.272. The molecule has 0 aliphatic carbocycles. The molecule has 4 rings (SSSR count). The Bertz CT molecular complexity index is 1370. The maximum Gasteiger partial charge on any atom is 0.422 e. The van der Waals surface area contributed by atoms with Crippen molar-refractivity contribution in [2.24, 2.45) is 7.05 Å². The first-order chi connectivity index (χ1) is 17.9. The summed E-state index contributed by atoms with van der Waals surface area (Å²) in [5, 5.41) is 20.4. The molecule has 11 heteroatoms. The number of β-amino-alcohol motifs (C(OH)–C–C–N with tert-alkyl or cyclic N) is 1. The van der Waals surface area contributed by atoms with Crippen LogP contribution in [-0.2, 0) is 23.9 Å². The lowest BCUT2D eigenvalue weighted by Crippen LogP contribution is -2.53. The van der Waals surface area contributed by atoms with E-state index in [1.54, 1.807) is 30.1 Å². The number of nitrogens with zero attached hydrogens (tertiary/aromatic N) is 3. The molecule has 202 valence electrons. The van der Waals surface area contributed by atoms with E-state index < -0.39 is 24.3 Å². The highest BCUT2D eigenvalue weighted by Gasteiger charge is 2.57. The summed E-state index contributed by atoms with van der Waals surface area (Å²) in [5.74, 6) is -0.153. The molecule has 8 nitrogen and oxygen atoms in total. The van der Waals surface area contributed by atoms with Crippen LogP contribution >= 0.6 is 0 Å². The van der Waals surface area contributed by atoms with Gasteiger partial charge in [0, 0.05) is 49.3 Å². The Morgan fingerprint density at radius 1 is 1.16 bits per heavy atom. The summed E-state index contributed by atoms with van der Waals surface area (Å²) in [6.45, 7) is 7.08. The molecule has 0 saturated carbocycles. The Morgan fingerprint density at radius 2 is 1.87 bits per heavy atom. The molecule has 0 bridgehead atoms. The third kappa shape index (κ3) is 5.42. The van der Waals surface area contributed by atoms with Gasteiger partial charge in [-0.05, 0) is 36.6 Å². The average Bonchev–Trinajstić information content (AvgIpc) is 3.21. The number of carbonyl (C=O) groups is 1. The molecule has 2 aromatic carbocycles. The van der Waals surface area contributed by atoms with Crippen molar-refractivity contribution in [3.63, 3.8) is 0 Å². The van der Waals surface area contributed by atoms with Gasteiger partial charge in [0.25, 0.3) is 0 Å². The lowest BCUT2D eigenvalue weighted by atomic mass is 9.91. The topological polar surface area (TPSA) is 88.5 Å². The summed E-state index contributed by atoms with van der Waals surface area (Å²) in [5.41, 5.74) is -2.06. The summed E-state index contributed by atoms with van der Waals surface area (Å²) in [6, 6.07) is 9.26. The van der Waals surface area contributed by atoms with Gasteiger partial charge in [0.15, 0.2) is 17.2 Å². The Labute approximate surface area is 217 Å². The van der Waals surface area contributed by atoms with Crippen molar-refractivity contribution in [3.8, 4) is 11.5 Å². The van der Waals surface area contributed by atoms with E-state index in [0.717, 1.165) is 0 Å². The number of halogens is 3. The first kappa shape index (κ1) is 27.3. The molecule has 1 atom stereocenters. The normalized spacial score (nSPS) is 16.7. The molecule has 38 heavy (non-hydrogen) atoms. The number of methoxy groups -OCH3 is 1. The zero-order valence-electron chi connectivity index (χ0n) is 21.0. The van der Waals surface area contributed by atoms with Crippen LogP contribution in [0.15, 0.2) is 42.6 Å². The molecule has 0 radical (unpaired) electrons. The van der Waals surface area contributed by atoms with E-state index in [0.29, 0.717) is 41.1 Å². The van der Waals surface area contributed by atoms with Gasteiger partial charge in [0.2, 0.25) is 5.60 Å². The number of aryl methyl sites for hydroxylation is 1. The van der Waals surface area contributed by atoms with Crippen molar-refractivity contribution < 1.29 is 37.7 Å². The SMILES string of the molecule is [C-]#[N+]c1ccc2c(C(O)(CN3CCC(Oc4ccc(CC(=O)O)cc4OC)CC3)C(F)(F)F)cn(C)c2c1. The first-order valence-corrected chi connectivity index (χ1v) is 12.0. The van der Waals surface area contributed by atoms with Crippen LogP contribution in [-0.4, -0.2) is 64.7 Å². The molecule has 1 saturated heterocycles. The molecular weight excluding hydrogens is 503 g/mol. The molecule has 2 heterocycles. The minimum Gasteiger partial charge on any atom is -0.493 e. The van der Waals surface area contributed by atoms with Crippen LogP contribution in [0.3, 0.4) is 0 Å². The number of hydrogen-bond acceptors (Lipinski definition) is 5. The smallest absolute Gasteiger partial charge is 0.422 e. The monoisotopic (exact) mass is 531 g/mol. The lowest BCUT2D eigenvalue weighted by Gasteiger charge is -2.39. The zero-order chi connectivity index (χ0) is 27.7. The summed E-state index contributed by atoms with van der Waals surface area (Å²) in [4.78, 5) is 15.9. The fraction of sp³-hybridized carbons (Fsp3) is 0.407. The van der Waals surface area contributed by atoms with Gasteiger partial charge in [-0.25, -0.2) is 4.85 Å². The van der Waals surface area contributed by atoms with Crippen LogP contribution in [0.25, 0.3) is 15.7 Å². The van der Waals surface area contributed by atoms with Crippen molar-refractivity contribution in [3.05, 3.63) is 65.1 Å². The number of likely N-dealkylation sites (tertiary alicyclic amines) is 1. The molecule has 1 aliphatic rings. The van der Waals surface area contributed by atoms with Crippen molar-refractivity contribution in [1.29, 1.82) is 0 Å². The van der Waals surface area contributed by atoms with Crippen LogP contribution in [0.1, 0.15) is 24.0 Å². The van der Waals surface area contributed by atoms with Crippen LogP contribution < -0.4 is 9.47 Å². The number of carboxylic acids is 1. The number of rotatable bonds is 8. The number of hydrogen-bond donors (Lipinski definition) is 2. The summed E-state index contributed by atoms with van der Waals surface area (Å²) >= 11 is 0. The highest BCUT2D eigenvalue weighted by atomic mass is 19.4. The van der Waals surface area contributed by atoms with E-state index in [1.807, 2.05) is 0 Å². The molecule has 2 N–H and O–H groups in total. The molecule has 0 spiro atoms. The summed E-state index contributed by atoms with van der Waals surface area (Å²) < 4.78 is 56.0. The Morgan fingerprint density at radius 3 is 2.47 bits per heavy atom. The number of aliphatic carboxylic acids is 1. The van der Waals surface area contributed by atoms with Crippen molar-refractivity contribution in [2.45, 2.75) is 37.1 Å². The number of carboxylic acid groups (broad SMARTS) is 1. The van der Waals surface area contributed by atoms with Crippen LogP contribution in [0.5, 0.6) is 11.5 Å². The van der Waals surface area contributed by atoms with Crippen molar-refractivity contribution in [1.82, 2.24) is 9.47 Å². The van der Waals surface area contributed by atoms with Crippen LogP contribution in [0.2, 0.25) is 0 Å². The van der Waals surface area contributed by atoms with Crippen molar-refractivity contribution in [2.75, 3.05) is 26.7 Å². The second-order valence-electron chi connectivity index (χ2n) is 9.47. The molecule has 0 amide bonds. The predicted octanol–water partition coefficient (Wildman–Crippen LogP) is 4.66. The number of benzene rings is 2. The largest absolute Gasteiger partial charge is 0.493 e. The fourth-order valence-corrected chi connectivity index (χ4v) is 4.88. The number of aromatic nitrogens is 1. The minimum atomic E-state index is -4.93. The number of piperidine rings is 1. The molecule has 1 aliphatic heterocycles. The van der Waals surface area contributed by atoms with Gasteiger partial charge in [-0.1, -0.05) is 18.2 Å². The van der Waals surface area contributed by atoms with Gasteiger partial charge < -0.3 is 24.3 Å². The van der Waals surface area contributed by atoms with Gasteiger partial charge in [0.1, 0.15) is 6.10 Å². The summed E-state index contributed by atoms with van der Waals surface area (Å²) in [6.07, 6.45) is -3.24. The first-order valence-electron chi connectivity index (χ1n) is 12.0. The molecule has 1 fully saturated rings. The van der Waals surface area contributed by atoms with E-state index in [-0.39, 0.29) is 36.6 Å². The predicted molar refractivity (Wildman–Crippen MR) is 134 cm³/mol. The van der Waals surface area contributed by atoms with Crippen molar-refractivity contribution >= 4 is 22.6 Å². The minimum absolute atomic E-state index is 0.158. The molecule has 3 aromatic rings. The van der Waals surface area contributed by atoms with Gasteiger partial charge >= 0.3 is 12.1 Å². The average molecular weight is 532 g/mol. The summed E-state index contributed by atoms with van der Waals surface area (Å²) in [7, 11) is 3.03. The van der Waals surface area contributed by atoms with E-state index in [2.05, 4.69) is 4.85 Å². The fourth-order valence-electron chi connectivity index (χ4n) is 4.88. The van der Waals surface area contributed by atoms with Gasteiger partial charge in [-0.3, -0.25) is 9.69 Å². The standard InChI is InChI=1S/C27H28F3N3O5/c1-31-18-5-6-20-21(15-32(2)22(20)14-18)26(36,27(28,29)30)16-33-10-8-19(9-11-33)38-23-7-4-17(13-25(34)35)12-24(23)37-3/h4-7,12,14-15,19,36H,8-11,13,16H2,2-3H3,(H,34,35). The Balaban J connectivity index is 1.49. The third-order valence-electron chi connectivity index (χ3n) is 6.88. The highest BCUT2D eigenvalue weighted by molar-refractivity contribution is 5.88. The van der Waals surface area contributed by atoms with Crippen LogP contribution in [0.4, 0.5) is 18.9 Å². The quantitative estimate of drug-likeness (QED) is 0.411. The second-order valence-corrected chi connectivity index (χ2v) is 9.47. The molecular formula is C27H28F3N3O5.